The van der Waals surface area contributed by atoms with Crippen LogP contribution in [0.2, 0.25) is 0 Å². The van der Waals surface area contributed by atoms with Crippen molar-refractivity contribution in [3.63, 3.8) is 0 Å². The van der Waals surface area contributed by atoms with Gasteiger partial charge in [-0.25, -0.2) is 0 Å². The van der Waals surface area contributed by atoms with Gasteiger partial charge in [0, 0.05) is 22.4 Å². The number of nitrogens with one attached hydrogen (secondary N) is 1. The van der Waals surface area contributed by atoms with Crippen molar-refractivity contribution in [2.75, 3.05) is 5.32 Å². The fraction of sp³-hybridized carbons (Fsp3) is 0.321. The number of pyridine rings is 1. The second-order valence-electron chi connectivity index (χ2n) is 8.93. The Labute approximate surface area is 180 Å². The summed E-state index contributed by atoms with van der Waals surface area (Å²) in [7, 11) is 0. The topological polar surface area (TPSA) is 24.9 Å². The number of anilines is 1. The lowest BCUT2D eigenvalue weighted by atomic mass is 9.90. The number of nitrogens with zero attached hydrogens (tertiary/aromatic N) is 1. The van der Waals surface area contributed by atoms with Gasteiger partial charge in [0.25, 0.3) is 0 Å². The van der Waals surface area contributed by atoms with E-state index in [0.29, 0.717) is 0 Å². The normalized spacial score (nSPS) is 16.2. The molecule has 0 aliphatic heterocycles. The molecule has 1 aromatic heterocycles. The summed E-state index contributed by atoms with van der Waals surface area (Å²) in [5.41, 5.74) is 11.5. The third-order valence-electron chi connectivity index (χ3n) is 7.03. The molecule has 152 valence electrons. The summed E-state index contributed by atoms with van der Waals surface area (Å²) in [5.74, 6) is 0. The monoisotopic (exact) mass is 394 g/mol. The summed E-state index contributed by atoms with van der Waals surface area (Å²) in [6, 6.07) is 18.2. The number of rotatable bonds is 6. The first-order chi connectivity index (χ1) is 14.6. The number of allylic oxidation sites excluding steroid dienone is 1. The molecular formula is C28H30N2. The van der Waals surface area contributed by atoms with Crippen LogP contribution in [0, 0.1) is 6.92 Å². The third kappa shape index (κ3) is 3.35. The Balaban J connectivity index is 1.39. The first kappa shape index (κ1) is 19.1. The Bertz CT molecular complexity index is 1100. The summed E-state index contributed by atoms with van der Waals surface area (Å²) in [4.78, 5) is 4.67. The molecule has 0 atom stereocenters. The zero-order valence-electron chi connectivity index (χ0n) is 18.1. The molecule has 1 heterocycles. The predicted molar refractivity (Wildman–Crippen MR) is 126 cm³/mol. The summed E-state index contributed by atoms with van der Waals surface area (Å²) in [6.45, 7) is 8.73. The van der Waals surface area contributed by atoms with Gasteiger partial charge < -0.3 is 5.32 Å². The molecule has 2 heteroatoms. The molecule has 0 saturated heterocycles. The van der Waals surface area contributed by atoms with Gasteiger partial charge >= 0.3 is 0 Å². The maximum absolute atomic E-state index is 4.67. The Hall–Kier alpha value is -2.87. The minimum Gasteiger partial charge on any atom is -0.357 e. The molecule has 2 aliphatic rings. The van der Waals surface area contributed by atoms with Gasteiger partial charge in [0.1, 0.15) is 0 Å². The highest BCUT2D eigenvalue weighted by Gasteiger charge is 2.47. The van der Waals surface area contributed by atoms with Gasteiger partial charge in [-0.15, -0.1) is 0 Å². The van der Waals surface area contributed by atoms with Crippen LogP contribution in [-0.2, 0) is 24.7 Å². The fourth-order valence-corrected chi connectivity index (χ4v) is 4.87. The zero-order valence-corrected chi connectivity index (χ0v) is 18.1. The van der Waals surface area contributed by atoms with E-state index < -0.39 is 0 Å². The van der Waals surface area contributed by atoms with Crippen LogP contribution in [0.3, 0.4) is 0 Å². The van der Waals surface area contributed by atoms with Gasteiger partial charge in [0.2, 0.25) is 0 Å². The average Bonchev–Trinajstić information content (AvgIpc) is 3.46. The molecule has 1 fully saturated rings. The molecule has 1 saturated carbocycles. The fourth-order valence-electron chi connectivity index (χ4n) is 4.87. The van der Waals surface area contributed by atoms with Crippen LogP contribution < -0.4 is 5.32 Å². The van der Waals surface area contributed by atoms with Gasteiger partial charge in [0.15, 0.2) is 0 Å². The van der Waals surface area contributed by atoms with E-state index in [4.69, 9.17) is 0 Å². The Kier molecular flexibility index (Phi) is 4.73. The summed E-state index contributed by atoms with van der Waals surface area (Å²) in [5, 5.41) is 3.61. The van der Waals surface area contributed by atoms with Gasteiger partial charge in [-0.1, -0.05) is 56.0 Å². The number of benzene rings is 2. The smallest absolute Gasteiger partial charge is 0.0574 e. The number of hydrogen-bond donors (Lipinski definition) is 1. The molecule has 0 spiro atoms. The van der Waals surface area contributed by atoms with E-state index in [0.717, 1.165) is 23.5 Å². The minimum absolute atomic E-state index is 0.0748. The van der Waals surface area contributed by atoms with Gasteiger partial charge in [-0.05, 0) is 79.3 Å². The average molecular weight is 395 g/mol. The van der Waals surface area contributed by atoms with Crippen molar-refractivity contribution in [3.05, 3.63) is 95.0 Å². The lowest BCUT2D eigenvalue weighted by molar-refractivity contribution is 0.826. The minimum atomic E-state index is 0.0748. The molecular weight excluding hydrogens is 364 g/mol. The largest absolute Gasteiger partial charge is 0.357 e. The maximum atomic E-state index is 4.67. The molecule has 2 nitrogen and oxygen atoms in total. The van der Waals surface area contributed by atoms with Crippen LogP contribution in [-0.4, -0.2) is 4.98 Å². The molecule has 0 radical (unpaired) electrons. The molecule has 2 aromatic carbocycles. The van der Waals surface area contributed by atoms with E-state index in [2.05, 4.69) is 79.3 Å². The van der Waals surface area contributed by atoms with Crippen LogP contribution in [0.1, 0.15) is 54.1 Å². The van der Waals surface area contributed by atoms with Crippen LogP contribution in [0.25, 0.3) is 11.1 Å². The molecule has 1 N–H and O–H groups in total. The summed E-state index contributed by atoms with van der Waals surface area (Å²) in [6.07, 6.45) is 9.08. The molecule has 0 amide bonds. The van der Waals surface area contributed by atoms with Crippen molar-refractivity contribution in [2.45, 2.75) is 57.8 Å². The van der Waals surface area contributed by atoms with Crippen LogP contribution in [0.15, 0.2) is 67.0 Å². The highest BCUT2D eigenvalue weighted by atomic mass is 14.9. The van der Waals surface area contributed by atoms with Crippen molar-refractivity contribution >= 4 is 5.69 Å². The van der Waals surface area contributed by atoms with Gasteiger partial charge in [0.05, 0.1) is 11.9 Å². The van der Waals surface area contributed by atoms with Crippen molar-refractivity contribution in [1.82, 2.24) is 4.98 Å². The second kappa shape index (κ2) is 7.43. The second-order valence-corrected chi connectivity index (χ2v) is 8.93. The maximum Gasteiger partial charge on any atom is 0.0574 e. The van der Waals surface area contributed by atoms with E-state index in [1.165, 1.54) is 59.9 Å². The summed E-state index contributed by atoms with van der Waals surface area (Å²) >= 11 is 0. The van der Waals surface area contributed by atoms with Gasteiger partial charge in [-0.2, -0.15) is 0 Å². The Morgan fingerprint density at radius 3 is 2.53 bits per heavy atom. The third-order valence-corrected chi connectivity index (χ3v) is 7.03. The molecule has 2 aliphatic carbocycles. The molecule has 30 heavy (non-hydrogen) atoms. The van der Waals surface area contributed by atoms with E-state index in [9.17, 15) is 0 Å². The first-order valence-electron chi connectivity index (χ1n) is 11.2. The Morgan fingerprint density at radius 2 is 1.80 bits per heavy atom. The lowest BCUT2D eigenvalue weighted by Crippen LogP contribution is -2.17. The highest BCUT2D eigenvalue weighted by molar-refractivity contribution is 5.71. The molecule has 0 bridgehead atoms. The number of hydrogen-bond acceptors (Lipinski definition) is 2. The van der Waals surface area contributed by atoms with Crippen molar-refractivity contribution < 1.29 is 0 Å². The van der Waals surface area contributed by atoms with E-state index >= 15 is 0 Å². The predicted octanol–water partition coefficient (Wildman–Crippen LogP) is 6.77. The van der Waals surface area contributed by atoms with Crippen molar-refractivity contribution in [2.24, 2.45) is 0 Å². The molecule has 0 unspecified atom stereocenters. The first-order valence-corrected chi connectivity index (χ1v) is 11.2. The summed E-state index contributed by atoms with van der Waals surface area (Å²) < 4.78 is 0. The quantitative estimate of drug-likeness (QED) is 0.499. The standard InChI is InChI=1S/C28H30N2/c1-4-21-8-10-23(11-9-21)27-17-26(18-29-19(27)2)30-20(3)28(14-15-28)25-13-12-22-6-5-7-24(22)16-25/h8-13,16-18,30H,3-7,14-15H2,1-2H3. The van der Waals surface area contributed by atoms with Crippen LogP contribution in [0.5, 0.6) is 0 Å². The SMILES string of the molecule is C=C(Nc1cnc(C)c(-c2ccc(CC)cc2)c1)C1(c2ccc3c(c2)CCC3)CC1. The van der Waals surface area contributed by atoms with E-state index in [-0.39, 0.29) is 5.41 Å². The molecule has 3 aromatic rings. The van der Waals surface area contributed by atoms with Crippen molar-refractivity contribution in [1.29, 1.82) is 0 Å². The zero-order chi connectivity index (χ0) is 20.7. The lowest BCUT2D eigenvalue weighted by Gasteiger charge is -2.22. The highest BCUT2D eigenvalue weighted by Crippen LogP contribution is 2.53. The Morgan fingerprint density at radius 1 is 1.03 bits per heavy atom. The van der Waals surface area contributed by atoms with Crippen LogP contribution >= 0.6 is 0 Å². The van der Waals surface area contributed by atoms with Crippen molar-refractivity contribution in [3.8, 4) is 11.1 Å². The van der Waals surface area contributed by atoms with E-state index in [1.807, 2.05) is 6.20 Å². The number of aromatic nitrogens is 1. The van der Waals surface area contributed by atoms with Crippen LogP contribution in [0.4, 0.5) is 5.69 Å². The van der Waals surface area contributed by atoms with Gasteiger partial charge in [-0.3, -0.25) is 4.98 Å². The number of fused-ring (bicyclic) bond motifs is 1. The number of aryl methyl sites for hydroxylation is 4. The van der Waals surface area contributed by atoms with E-state index in [1.54, 1.807) is 5.56 Å². The molecule has 5 rings (SSSR count).